The number of amides is 1. The first-order valence-corrected chi connectivity index (χ1v) is 9.59. The van der Waals surface area contributed by atoms with Crippen molar-refractivity contribution in [2.24, 2.45) is 4.99 Å². The van der Waals surface area contributed by atoms with Gasteiger partial charge < -0.3 is 15.2 Å². The largest absolute Gasteiger partial charge is 0.480 e. The quantitative estimate of drug-likeness (QED) is 0.665. The van der Waals surface area contributed by atoms with E-state index in [-0.39, 0.29) is 16.7 Å². The lowest BCUT2D eigenvalue weighted by Crippen LogP contribution is -2.19. The van der Waals surface area contributed by atoms with Crippen LogP contribution in [0.5, 0.6) is 5.75 Å². The molecule has 1 saturated heterocycles. The van der Waals surface area contributed by atoms with Crippen LogP contribution in [0, 0.1) is 6.92 Å². The van der Waals surface area contributed by atoms with Gasteiger partial charge in [-0.2, -0.15) is 0 Å². The topological polar surface area (TPSA) is 88.0 Å². The van der Waals surface area contributed by atoms with Crippen LogP contribution in [0.2, 0.25) is 10.0 Å². The van der Waals surface area contributed by atoms with Crippen molar-refractivity contribution in [3.63, 3.8) is 0 Å². The number of nitrogens with one attached hydrogen (secondary N) is 1. The normalized spacial score (nSPS) is 16.5. The van der Waals surface area contributed by atoms with Crippen molar-refractivity contribution in [1.29, 1.82) is 0 Å². The van der Waals surface area contributed by atoms with E-state index < -0.39 is 12.6 Å². The number of benzene rings is 2. The molecule has 2 aromatic rings. The van der Waals surface area contributed by atoms with Gasteiger partial charge in [-0.1, -0.05) is 35.3 Å². The zero-order valence-electron chi connectivity index (χ0n) is 14.5. The van der Waals surface area contributed by atoms with Gasteiger partial charge in [-0.25, -0.2) is 9.79 Å². The average molecular weight is 437 g/mol. The maximum atomic E-state index is 12.2. The fraction of sp³-hybridized carbons (Fsp3) is 0.105. The van der Waals surface area contributed by atoms with Crippen molar-refractivity contribution in [3.8, 4) is 5.75 Å². The number of hydrogen-bond donors (Lipinski definition) is 2. The summed E-state index contributed by atoms with van der Waals surface area (Å²) >= 11 is 13.3. The second-order valence-electron chi connectivity index (χ2n) is 5.78. The highest BCUT2D eigenvalue weighted by atomic mass is 35.5. The molecule has 0 unspecified atom stereocenters. The smallest absolute Gasteiger partial charge is 0.341 e. The lowest BCUT2D eigenvalue weighted by molar-refractivity contribution is -0.139. The minimum absolute atomic E-state index is 0.252. The summed E-state index contributed by atoms with van der Waals surface area (Å²) in [6.07, 6.45) is 1.67. The first-order valence-electron chi connectivity index (χ1n) is 8.02. The Hall–Kier alpha value is -2.48. The number of aryl methyl sites for hydroxylation is 1. The number of carboxylic acids is 1. The zero-order valence-corrected chi connectivity index (χ0v) is 16.9. The summed E-state index contributed by atoms with van der Waals surface area (Å²) < 4.78 is 5.08. The van der Waals surface area contributed by atoms with Gasteiger partial charge in [0, 0.05) is 5.02 Å². The minimum atomic E-state index is -1.09. The molecule has 9 heteroatoms. The third kappa shape index (κ3) is 5.07. The molecule has 1 amide bonds. The Balaban J connectivity index is 1.79. The molecule has 2 aromatic carbocycles. The highest BCUT2D eigenvalue weighted by Crippen LogP contribution is 2.32. The molecule has 1 fully saturated rings. The van der Waals surface area contributed by atoms with Crippen molar-refractivity contribution >= 4 is 63.8 Å². The first kappa shape index (κ1) is 20.3. The van der Waals surface area contributed by atoms with Crippen molar-refractivity contribution in [3.05, 3.63) is 62.5 Å². The first-order chi connectivity index (χ1) is 13.3. The molecular formula is C19H14Cl2N2O4S. The Labute approximate surface area is 175 Å². The van der Waals surface area contributed by atoms with E-state index in [1.807, 2.05) is 13.0 Å². The molecule has 0 atom stereocenters. The van der Waals surface area contributed by atoms with Crippen LogP contribution < -0.4 is 10.1 Å². The maximum absolute atomic E-state index is 12.2. The summed E-state index contributed by atoms with van der Waals surface area (Å²) in [5.41, 5.74) is 2.29. The summed E-state index contributed by atoms with van der Waals surface area (Å²) in [7, 11) is 0. The van der Waals surface area contributed by atoms with E-state index >= 15 is 0 Å². The monoisotopic (exact) mass is 436 g/mol. The number of ether oxygens (including phenoxy) is 1. The van der Waals surface area contributed by atoms with Gasteiger partial charge in [-0.3, -0.25) is 4.79 Å². The van der Waals surface area contributed by atoms with Crippen LogP contribution in [0.25, 0.3) is 6.08 Å². The van der Waals surface area contributed by atoms with Crippen LogP contribution in [0.1, 0.15) is 11.1 Å². The molecule has 0 spiro atoms. The molecule has 0 aliphatic carbocycles. The van der Waals surface area contributed by atoms with Gasteiger partial charge in [0.1, 0.15) is 5.75 Å². The van der Waals surface area contributed by atoms with Gasteiger partial charge in [-0.15, -0.1) is 0 Å². The van der Waals surface area contributed by atoms with E-state index in [1.54, 1.807) is 36.4 Å². The molecule has 3 rings (SSSR count). The summed E-state index contributed by atoms with van der Waals surface area (Å²) in [5.74, 6) is -1.11. The molecule has 144 valence electrons. The number of hydrogen-bond acceptors (Lipinski definition) is 5. The van der Waals surface area contributed by atoms with Crippen LogP contribution in [-0.2, 0) is 9.59 Å². The maximum Gasteiger partial charge on any atom is 0.341 e. The number of nitrogens with zero attached hydrogens (tertiary/aromatic N) is 1. The molecule has 1 heterocycles. The van der Waals surface area contributed by atoms with Crippen LogP contribution >= 0.6 is 35.0 Å². The molecular weight excluding hydrogens is 423 g/mol. The number of aliphatic carboxylic acids is 1. The Bertz CT molecular complexity index is 1020. The Kier molecular flexibility index (Phi) is 6.28. The number of carboxylic acid groups (broad SMARTS) is 1. The molecule has 28 heavy (non-hydrogen) atoms. The third-order valence-electron chi connectivity index (χ3n) is 3.65. The van der Waals surface area contributed by atoms with Gasteiger partial charge in [0.15, 0.2) is 11.8 Å². The highest BCUT2D eigenvalue weighted by molar-refractivity contribution is 8.18. The number of halogens is 2. The number of carbonyl (C=O) groups is 2. The molecule has 1 aliphatic rings. The lowest BCUT2D eigenvalue weighted by Gasteiger charge is -2.06. The lowest BCUT2D eigenvalue weighted by atomic mass is 10.2. The van der Waals surface area contributed by atoms with Gasteiger partial charge in [0.05, 0.1) is 15.6 Å². The van der Waals surface area contributed by atoms with Crippen molar-refractivity contribution in [1.82, 2.24) is 5.32 Å². The Morgan fingerprint density at radius 1 is 1.29 bits per heavy atom. The second-order valence-corrected chi connectivity index (χ2v) is 7.66. The van der Waals surface area contributed by atoms with Crippen LogP contribution in [0.3, 0.4) is 0 Å². The van der Waals surface area contributed by atoms with E-state index in [4.69, 9.17) is 33.0 Å². The van der Waals surface area contributed by atoms with E-state index in [1.165, 1.54) is 11.8 Å². The predicted octanol–water partition coefficient (Wildman–Crippen LogP) is 4.66. The van der Waals surface area contributed by atoms with Crippen molar-refractivity contribution < 1.29 is 19.4 Å². The Morgan fingerprint density at radius 3 is 2.79 bits per heavy atom. The molecule has 6 nitrogen and oxygen atoms in total. The van der Waals surface area contributed by atoms with Gasteiger partial charge in [0.25, 0.3) is 5.91 Å². The molecule has 0 aromatic heterocycles. The van der Waals surface area contributed by atoms with Gasteiger partial charge >= 0.3 is 5.97 Å². The van der Waals surface area contributed by atoms with E-state index in [2.05, 4.69) is 10.3 Å². The number of rotatable bonds is 5. The summed E-state index contributed by atoms with van der Waals surface area (Å²) in [5, 5.41) is 12.6. The highest BCUT2D eigenvalue weighted by Gasteiger charge is 2.24. The third-order valence-corrected chi connectivity index (χ3v) is 5.09. The number of carbonyl (C=O) groups excluding carboxylic acids is 1. The van der Waals surface area contributed by atoms with Crippen molar-refractivity contribution in [2.75, 3.05) is 6.61 Å². The zero-order chi connectivity index (χ0) is 20.3. The van der Waals surface area contributed by atoms with E-state index in [0.29, 0.717) is 26.3 Å². The SMILES string of the molecule is Cc1ccc(Cl)cc1N=C1NC(=O)/C(=C/c2ccc(OCC(=O)O)c(Cl)c2)S1. The average Bonchev–Trinajstić information content (AvgIpc) is 2.96. The summed E-state index contributed by atoms with van der Waals surface area (Å²) in [4.78, 5) is 27.7. The minimum Gasteiger partial charge on any atom is -0.480 e. The molecule has 1 aliphatic heterocycles. The summed E-state index contributed by atoms with van der Waals surface area (Å²) in [6.45, 7) is 1.42. The van der Waals surface area contributed by atoms with Crippen LogP contribution in [0.15, 0.2) is 46.3 Å². The van der Waals surface area contributed by atoms with E-state index in [9.17, 15) is 9.59 Å². The van der Waals surface area contributed by atoms with Crippen molar-refractivity contribution in [2.45, 2.75) is 6.92 Å². The fourth-order valence-corrected chi connectivity index (χ4v) is 3.55. The molecule has 0 saturated carbocycles. The molecule has 2 N–H and O–H groups in total. The fourth-order valence-electron chi connectivity index (χ4n) is 2.31. The Morgan fingerprint density at radius 2 is 2.07 bits per heavy atom. The molecule has 0 radical (unpaired) electrons. The van der Waals surface area contributed by atoms with E-state index in [0.717, 1.165) is 5.56 Å². The summed E-state index contributed by atoms with van der Waals surface area (Å²) in [6, 6.07) is 10.2. The standard InChI is InChI=1S/C19H14Cl2N2O4S/c1-10-2-4-12(20)8-14(10)22-19-23-18(26)16(28-19)7-11-3-5-15(13(21)6-11)27-9-17(24)25/h2-8H,9H2,1H3,(H,24,25)(H,22,23,26)/b16-7-. The van der Waals surface area contributed by atoms with Crippen LogP contribution in [0.4, 0.5) is 5.69 Å². The number of aliphatic imine (C=N–C) groups is 1. The van der Waals surface area contributed by atoms with Crippen LogP contribution in [-0.4, -0.2) is 28.8 Å². The number of thioether (sulfide) groups is 1. The van der Waals surface area contributed by atoms with Gasteiger partial charge in [0.2, 0.25) is 0 Å². The van der Waals surface area contributed by atoms with Gasteiger partial charge in [-0.05, 0) is 60.2 Å². The second kappa shape index (κ2) is 8.68. The number of amidine groups is 1. The molecule has 0 bridgehead atoms. The predicted molar refractivity (Wildman–Crippen MR) is 112 cm³/mol.